The van der Waals surface area contributed by atoms with Crippen LogP contribution in [0.3, 0.4) is 0 Å². The molecule has 0 atom stereocenters. The Morgan fingerprint density at radius 3 is 2.88 bits per heavy atom. The van der Waals surface area contributed by atoms with Crippen molar-refractivity contribution in [2.24, 2.45) is 0 Å². The Labute approximate surface area is 106 Å². The lowest BCUT2D eigenvalue weighted by Crippen LogP contribution is -2.10. The van der Waals surface area contributed by atoms with E-state index >= 15 is 0 Å². The number of carbonyl (C=O) groups is 1. The summed E-state index contributed by atoms with van der Waals surface area (Å²) in [6, 6.07) is 9.51. The zero-order valence-corrected chi connectivity index (χ0v) is 11.1. The molecule has 0 saturated heterocycles. The van der Waals surface area contributed by atoms with Crippen LogP contribution in [0, 0.1) is 6.92 Å². The molecule has 2 nitrogen and oxygen atoms in total. The van der Waals surface area contributed by atoms with Gasteiger partial charge in [-0.05, 0) is 36.1 Å². The van der Waals surface area contributed by atoms with Crippen LogP contribution < -0.4 is 5.32 Å². The molecule has 0 aliphatic rings. The molecule has 2 aromatic rings. The first-order valence-corrected chi connectivity index (χ1v) is 6.45. The highest BCUT2D eigenvalue weighted by Crippen LogP contribution is 2.21. The third kappa shape index (κ3) is 2.51. The lowest BCUT2D eigenvalue weighted by atomic mass is 10.2. The van der Waals surface area contributed by atoms with Gasteiger partial charge in [0.05, 0.1) is 4.88 Å². The molecule has 0 bridgehead atoms. The lowest BCUT2D eigenvalue weighted by Gasteiger charge is -2.07. The van der Waals surface area contributed by atoms with E-state index in [2.05, 4.69) is 21.2 Å². The third-order valence-electron chi connectivity index (χ3n) is 2.19. The van der Waals surface area contributed by atoms with Gasteiger partial charge in [0, 0.05) is 10.2 Å². The number of amides is 1. The maximum absolute atomic E-state index is 11.8. The predicted molar refractivity (Wildman–Crippen MR) is 71.2 cm³/mol. The fraction of sp³-hybridized carbons (Fsp3) is 0.0833. The van der Waals surface area contributed by atoms with Crippen LogP contribution in [0.25, 0.3) is 0 Å². The van der Waals surface area contributed by atoms with E-state index in [0.717, 1.165) is 20.6 Å². The molecule has 0 saturated carbocycles. The van der Waals surface area contributed by atoms with Gasteiger partial charge in [-0.3, -0.25) is 4.79 Å². The van der Waals surface area contributed by atoms with Crippen LogP contribution in [0.15, 0.2) is 40.2 Å². The van der Waals surface area contributed by atoms with Gasteiger partial charge in [0.2, 0.25) is 0 Å². The Hall–Kier alpha value is -1.13. The van der Waals surface area contributed by atoms with Gasteiger partial charge in [0.15, 0.2) is 0 Å². The molecular formula is C12H10BrNOS. The van der Waals surface area contributed by atoms with Crippen molar-refractivity contribution in [2.75, 3.05) is 5.32 Å². The molecule has 0 unspecified atom stereocenters. The average molecular weight is 296 g/mol. The van der Waals surface area contributed by atoms with Crippen LogP contribution in [0.2, 0.25) is 0 Å². The van der Waals surface area contributed by atoms with Crippen molar-refractivity contribution in [3.8, 4) is 0 Å². The molecule has 1 amide bonds. The first-order chi connectivity index (χ1) is 7.66. The molecule has 0 aliphatic heterocycles. The van der Waals surface area contributed by atoms with E-state index in [4.69, 9.17) is 0 Å². The molecule has 16 heavy (non-hydrogen) atoms. The molecule has 4 heteroatoms. The molecule has 0 spiro atoms. The normalized spacial score (nSPS) is 10.1. The summed E-state index contributed by atoms with van der Waals surface area (Å²) < 4.78 is 0.958. The molecule has 1 heterocycles. The molecule has 0 fully saturated rings. The molecule has 2 rings (SSSR count). The van der Waals surface area contributed by atoms with E-state index in [1.54, 1.807) is 0 Å². The molecule has 1 N–H and O–H groups in total. The fourth-order valence-corrected chi connectivity index (χ4v) is 2.30. The van der Waals surface area contributed by atoms with Crippen LogP contribution in [0.4, 0.5) is 5.69 Å². The fourth-order valence-electron chi connectivity index (χ4n) is 1.32. The van der Waals surface area contributed by atoms with E-state index in [0.29, 0.717) is 0 Å². The second-order valence-electron chi connectivity index (χ2n) is 3.39. The number of nitrogens with one attached hydrogen (secondary N) is 1. The van der Waals surface area contributed by atoms with E-state index < -0.39 is 0 Å². The van der Waals surface area contributed by atoms with E-state index in [-0.39, 0.29) is 5.91 Å². The van der Waals surface area contributed by atoms with E-state index in [1.807, 2.05) is 42.6 Å². The van der Waals surface area contributed by atoms with Gasteiger partial charge < -0.3 is 5.32 Å². The molecule has 0 aliphatic carbocycles. The van der Waals surface area contributed by atoms with Crippen LogP contribution in [0.5, 0.6) is 0 Å². The molecule has 0 radical (unpaired) electrons. The Kier molecular flexibility index (Phi) is 3.41. The standard InChI is InChI=1S/C12H10BrNOS/c1-8-4-5-9(13)7-10(8)14-12(15)11-3-2-6-16-11/h2-7H,1H3,(H,14,15). The molecule has 1 aromatic heterocycles. The van der Waals surface area contributed by atoms with Crippen LogP contribution >= 0.6 is 27.3 Å². The number of rotatable bonds is 2. The van der Waals surface area contributed by atoms with Crippen molar-refractivity contribution in [1.29, 1.82) is 0 Å². The van der Waals surface area contributed by atoms with Crippen molar-refractivity contribution in [1.82, 2.24) is 0 Å². The zero-order chi connectivity index (χ0) is 11.5. The van der Waals surface area contributed by atoms with Crippen molar-refractivity contribution < 1.29 is 4.79 Å². The first-order valence-electron chi connectivity index (χ1n) is 4.78. The zero-order valence-electron chi connectivity index (χ0n) is 8.66. The van der Waals surface area contributed by atoms with Gasteiger partial charge in [-0.25, -0.2) is 0 Å². The third-order valence-corrected chi connectivity index (χ3v) is 3.55. The highest BCUT2D eigenvalue weighted by atomic mass is 79.9. The van der Waals surface area contributed by atoms with E-state index in [1.165, 1.54) is 11.3 Å². The van der Waals surface area contributed by atoms with Gasteiger partial charge in [-0.1, -0.05) is 28.1 Å². The quantitative estimate of drug-likeness (QED) is 0.889. The van der Waals surface area contributed by atoms with Crippen molar-refractivity contribution in [3.05, 3.63) is 50.6 Å². The number of halogens is 1. The van der Waals surface area contributed by atoms with Gasteiger partial charge in [-0.2, -0.15) is 0 Å². The number of thiophene rings is 1. The summed E-state index contributed by atoms with van der Waals surface area (Å²) in [6.07, 6.45) is 0. The maximum Gasteiger partial charge on any atom is 0.265 e. The SMILES string of the molecule is Cc1ccc(Br)cc1NC(=O)c1cccs1. The largest absolute Gasteiger partial charge is 0.321 e. The smallest absolute Gasteiger partial charge is 0.265 e. The van der Waals surface area contributed by atoms with Gasteiger partial charge in [0.25, 0.3) is 5.91 Å². The monoisotopic (exact) mass is 295 g/mol. The summed E-state index contributed by atoms with van der Waals surface area (Å²) in [5.74, 6) is -0.0591. The highest BCUT2D eigenvalue weighted by molar-refractivity contribution is 9.10. The summed E-state index contributed by atoms with van der Waals surface area (Å²) in [7, 11) is 0. The van der Waals surface area contributed by atoms with Crippen LogP contribution in [0.1, 0.15) is 15.2 Å². The Balaban J connectivity index is 2.21. The molecule has 1 aromatic carbocycles. The Bertz CT molecular complexity index is 508. The van der Waals surface area contributed by atoms with Gasteiger partial charge in [0.1, 0.15) is 0 Å². The number of carbonyl (C=O) groups excluding carboxylic acids is 1. The molecule has 82 valence electrons. The predicted octanol–water partition coefficient (Wildman–Crippen LogP) is 4.07. The minimum atomic E-state index is -0.0591. The second-order valence-corrected chi connectivity index (χ2v) is 5.25. The van der Waals surface area contributed by atoms with Crippen LogP contribution in [-0.4, -0.2) is 5.91 Å². The summed E-state index contributed by atoms with van der Waals surface area (Å²) in [5, 5.41) is 4.79. The average Bonchev–Trinajstić information content (AvgIpc) is 2.76. The maximum atomic E-state index is 11.8. The highest BCUT2D eigenvalue weighted by Gasteiger charge is 2.08. The van der Waals surface area contributed by atoms with Crippen molar-refractivity contribution in [3.63, 3.8) is 0 Å². The summed E-state index contributed by atoms with van der Waals surface area (Å²) in [5.41, 5.74) is 1.89. The van der Waals surface area contributed by atoms with Crippen molar-refractivity contribution in [2.45, 2.75) is 6.92 Å². The Morgan fingerprint density at radius 2 is 2.19 bits per heavy atom. The first kappa shape index (κ1) is 11.4. The number of anilines is 1. The topological polar surface area (TPSA) is 29.1 Å². The lowest BCUT2D eigenvalue weighted by molar-refractivity contribution is 0.103. The minimum absolute atomic E-state index is 0.0591. The molecular weight excluding hydrogens is 286 g/mol. The number of hydrogen-bond donors (Lipinski definition) is 1. The Morgan fingerprint density at radius 1 is 1.38 bits per heavy atom. The number of hydrogen-bond acceptors (Lipinski definition) is 2. The number of benzene rings is 1. The minimum Gasteiger partial charge on any atom is -0.321 e. The van der Waals surface area contributed by atoms with E-state index in [9.17, 15) is 4.79 Å². The van der Waals surface area contributed by atoms with Crippen molar-refractivity contribution >= 4 is 38.9 Å². The number of aryl methyl sites for hydroxylation is 1. The second kappa shape index (κ2) is 4.80. The van der Waals surface area contributed by atoms with Gasteiger partial charge in [-0.15, -0.1) is 11.3 Å². The summed E-state index contributed by atoms with van der Waals surface area (Å²) in [4.78, 5) is 12.5. The summed E-state index contributed by atoms with van der Waals surface area (Å²) in [6.45, 7) is 1.97. The van der Waals surface area contributed by atoms with Crippen LogP contribution in [-0.2, 0) is 0 Å². The summed E-state index contributed by atoms with van der Waals surface area (Å²) >= 11 is 4.82. The van der Waals surface area contributed by atoms with Gasteiger partial charge >= 0.3 is 0 Å².